The zero-order chi connectivity index (χ0) is 27.1. The number of carbonyl (C=O) groups is 3. The number of hydrogen-bond donors (Lipinski definition) is 5. The Morgan fingerprint density at radius 1 is 1.03 bits per heavy atom. The fourth-order valence-corrected chi connectivity index (χ4v) is 5.24. The van der Waals surface area contributed by atoms with E-state index in [4.69, 9.17) is 23.2 Å². The molecule has 1 fully saturated rings. The van der Waals surface area contributed by atoms with Crippen LogP contribution in [0.5, 0.6) is 0 Å². The van der Waals surface area contributed by atoms with Crippen LogP contribution in [0.1, 0.15) is 48.0 Å². The Labute approximate surface area is 231 Å². The maximum atomic E-state index is 12.8. The van der Waals surface area contributed by atoms with Gasteiger partial charge in [-0.05, 0) is 61.9 Å². The fourth-order valence-electron chi connectivity index (χ4n) is 4.67. The highest BCUT2D eigenvalue weighted by Gasteiger charge is 2.27. The summed E-state index contributed by atoms with van der Waals surface area (Å²) in [6.07, 6.45) is 4.50. The molecular weight excluding hydrogens is 529 g/mol. The summed E-state index contributed by atoms with van der Waals surface area (Å²) >= 11 is 12.1. The minimum atomic E-state index is -1.19. The molecule has 2 amide bonds. The SMILES string of the molecule is O=C(N[C@@H](Cc1ccc(NC(=O)C2CCC(NC3=NCCCN3)CC2)cc1)C(=O)O)c1c(Cl)cccc1Cl. The molecule has 0 radical (unpaired) electrons. The molecule has 0 spiro atoms. The standard InChI is InChI=1S/C27H31Cl2N5O4/c28-20-3-1-4-21(29)23(20)25(36)34-22(26(37)38)15-16-5-9-18(10-6-16)32-24(35)17-7-11-19(12-8-17)33-27-30-13-2-14-31-27/h1,3-6,9-10,17,19,22H,2,7-8,11-15H2,(H,32,35)(H,34,36)(H,37,38)(H2,30,31,33)/t17?,19?,22-/m0/s1. The average Bonchev–Trinajstić information content (AvgIpc) is 2.90. The zero-order valence-electron chi connectivity index (χ0n) is 20.8. The van der Waals surface area contributed by atoms with E-state index < -0.39 is 17.9 Å². The molecule has 1 aliphatic heterocycles. The average molecular weight is 560 g/mol. The van der Waals surface area contributed by atoms with Crippen molar-refractivity contribution in [3.05, 3.63) is 63.6 Å². The minimum Gasteiger partial charge on any atom is -0.480 e. The first-order chi connectivity index (χ1) is 18.3. The molecule has 1 aliphatic carbocycles. The van der Waals surface area contributed by atoms with Crippen molar-refractivity contribution in [3.8, 4) is 0 Å². The zero-order valence-corrected chi connectivity index (χ0v) is 22.3. The molecule has 0 bridgehead atoms. The number of nitrogens with one attached hydrogen (secondary N) is 4. The summed E-state index contributed by atoms with van der Waals surface area (Å²) in [5.74, 6) is -1.06. The van der Waals surface area contributed by atoms with Gasteiger partial charge in [0.1, 0.15) is 6.04 Å². The van der Waals surface area contributed by atoms with Crippen LogP contribution in [0.15, 0.2) is 47.5 Å². The Hall–Kier alpha value is -3.30. The molecule has 11 heteroatoms. The van der Waals surface area contributed by atoms with Crippen molar-refractivity contribution in [2.75, 3.05) is 18.4 Å². The molecule has 2 aromatic carbocycles. The number of carbonyl (C=O) groups excluding carboxylic acids is 2. The first-order valence-corrected chi connectivity index (χ1v) is 13.5. The Morgan fingerprint density at radius 2 is 1.71 bits per heavy atom. The van der Waals surface area contributed by atoms with Gasteiger partial charge in [0, 0.05) is 37.2 Å². The van der Waals surface area contributed by atoms with Gasteiger partial charge in [-0.15, -0.1) is 0 Å². The molecule has 1 saturated carbocycles. The largest absolute Gasteiger partial charge is 0.480 e. The number of hydrogen-bond acceptors (Lipinski definition) is 6. The lowest BCUT2D eigenvalue weighted by molar-refractivity contribution is -0.139. The monoisotopic (exact) mass is 559 g/mol. The number of aliphatic carboxylic acids is 1. The van der Waals surface area contributed by atoms with Crippen molar-refractivity contribution < 1.29 is 19.5 Å². The molecule has 1 heterocycles. The van der Waals surface area contributed by atoms with Crippen LogP contribution in [0.25, 0.3) is 0 Å². The third kappa shape index (κ3) is 7.39. The number of benzene rings is 2. The summed E-state index contributed by atoms with van der Waals surface area (Å²) in [7, 11) is 0. The quantitative estimate of drug-likeness (QED) is 0.333. The van der Waals surface area contributed by atoms with Crippen LogP contribution in [-0.2, 0) is 16.0 Å². The number of rotatable bonds is 8. The van der Waals surface area contributed by atoms with Gasteiger partial charge in [0.15, 0.2) is 5.96 Å². The number of halogens is 2. The predicted octanol–water partition coefficient (Wildman–Crippen LogP) is 3.86. The molecule has 9 nitrogen and oxygen atoms in total. The molecule has 5 N–H and O–H groups in total. The van der Waals surface area contributed by atoms with Crippen molar-refractivity contribution in [2.45, 2.75) is 50.6 Å². The van der Waals surface area contributed by atoms with Gasteiger partial charge < -0.3 is 26.4 Å². The number of amides is 2. The first kappa shape index (κ1) is 27.7. The van der Waals surface area contributed by atoms with E-state index in [2.05, 4.69) is 26.3 Å². The van der Waals surface area contributed by atoms with Gasteiger partial charge >= 0.3 is 5.97 Å². The molecule has 4 rings (SSSR count). The molecule has 2 aromatic rings. The van der Waals surface area contributed by atoms with Crippen LogP contribution in [0, 0.1) is 5.92 Å². The van der Waals surface area contributed by atoms with Crippen molar-refractivity contribution in [2.24, 2.45) is 10.9 Å². The lowest BCUT2D eigenvalue weighted by Crippen LogP contribution is -2.47. The second-order valence-corrected chi connectivity index (χ2v) is 10.4. The van der Waals surface area contributed by atoms with Gasteiger partial charge in [-0.3, -0.25) is 14.6 Å². The fraction of sp³-hybridized carbons (Fsp3) is 0.407. The molecule has 0 aromatic heterocycles. The maximum Gasteiger partial charge on any atom is 0.326 e. The second-order valence-electron chi connectivity index (χ2n) is 9.55. The van der Waals surface area contributed by atoms with Crippen molar-refractivity contribution in [3.63, 3.8) is 0 Å². The van der Waals surface area contributed by atoms with Gasteiger partial charge in [0.05, 0.1) is 15.6 Å². The number of aliphatic imine (C=N–C) groups is 1. The van der Waals surface area contributed by atoms with E-state index in [9.17, 15) is 19.5 Å². The van der Waals surface area contributed by atoms with E-state index in [1.54, 1.807) is 30.3 Å². The Kier molecular flexibility index (Phi) is 9.47. The van der Waals surface area contributed by atoms with Gasteiger partial charge in [0.25, 0.3) is 5.91 Å². The third-order valence-corrected chi connectivity index (χ3v) is 7.42. The topological polar surface area (TPSA) is 132 Å². The van der Waals surface area contributed by atoms with Crippen LogP contribution in [0.4, 0.5) is 5.69 Å². The maximum absolute atomic E-state index is 12.8. The van der Waals surface area contributed by atoms with Crippen LogP contribution in [0.3, 0.4) is 0 Å². The van der Waals surface area contributed by atoms with Gasteiger partial charge in [-0.1, -0.05) is 41.4 Å². The van der Waals surface area contributed by atoms with Crippen LogP contribution in [0.2, 0.25) is 10.0 Å². The summed E-state index contributed by atoms with van der Waals surface area (Å²) in [6.45, 7) is 1.78. The van der Waals surface area contributed by atoms with E-state index in [1.807, 2.05) is 0 Å². The smallest absolute Gasteiger partial charge is 0.326 e. The molecule has 2 aliphatic rings. The molecular formula is C27H31Cl2N5O4. The van der Waals surface area contributed by atoms with Crippen molar-refractivity contribution in [1.82, 2.24) is 16.0 Å². The highest BCUT2D eigenvalue weighted by Crippen LogP contribution is 2.26. The lowest BCUT2D eigenvalue weighted by Gasteiger charge is -2.30. The number of carboxylic acids is 1. The first-order valence-electron chi connectivity index (χ1n) is 12.7. The van der Waals surface area contributed by atoms with E-state index in [-0.39, 0.29) is 33.9 Å². The Bertz CT molecular complexity index is 1180. The van der Waals surface area contributed by atoms with Crippen molar-refractivity contribution in [1.29, 1.82) is 0 Å². The molecule has 1 atom stereocenters. The highest BCUT2D eigenvalue weighted by molar-refractivity contribution is 6.39. The van der Waals surface area contributed by atoms with E-state index in [0.29, 0.717) is 17.3 Å². The van der Waals surface area contributed by atoms with Crippen LogP contribution < -0.4 is 21.3 Å². The molecule has 202 valence electrons. The highest BCUT2D eigenvalue weighted by atomic mass is 35.5. The van der Waals surface area contributed by atoms with E-state index in [1.165, 1.54) is 12.1 Å². The predicted molar refractivity (Wildman–Crippen MR) is 148 cm³/mol. The number of carboxylic acid groups (broad SMARTS) is 1. The Balaban J connectivity index is 1.28. The van der Waals surface area contributed by atoms with Crippen molar-refractivity contribution >= 4 is 52.6 Å². The van der Waals surface area contributed by atoms with Gasteiger partial charge in [-0.25, -0.2) is 4.79 Å². The summed E-state index contributed by atoms with van der Waals surface area (Å²) in [6, 6.07) is 10.7. The van der Waals surface area contributed by atoms with Gasteiger partial charge in [0.2, 0.25) is 5.91 Å². The summed E-state index contributed by atoms with van der Waals surface area (Å²) in [4.78, 5) is 41.7. The molecule has 0 saturated heterocycles. The van der Waals surface area contributed by atoms with Crippen LogP contribution in [-0.4, -0.2) is 54.0 Å². The summed E-state index contributed by atoms with van der Waals surface area (Å²) < 4.78 is 0. The summed E-state index contributed by atoms with van der Waals surface area (Å²) in [5.41, 5.74) is 1.36. The lowest BCUT2D eigenvalue weighted by atomic mass is 9.85. The molecule has 0 unspecified atom stereocenters. The summed E-state index contributed by atoms with van der Waals surface area (Å²) in [5, 5.41) is 22.1. The number of nitrogens with zero attached hydrogens (tertiary/aromatic N) is 1. The van der Waals surface area contributed by atoms with E-state index in [0.717, 1.165) is 51.2 Å². The minimum absolute atomic E-state index is 0.0170. The normalized spacial score (nSPS) is 19.9. The Morgan fingerprint density at radius 3 is 2.32 bits per heavy atom. The molecule has 38 heavy (non-hydrogen) atoms. The van der Waals surface area contributed by atoms with Crippen LogP contribution >= 0.6 is 23.2 Å². The number of anilines is 1. The third-order valence-electron chi connectivity index (χ3n) is 6.79. The second kappa shape index (κ2) is 13.0. The number of guanidine groups is 1. The van der Waals surface area contributed by atoms with Gasteiger partial charge in [-0.2, -0.15) is 0 Å². The van der Waals surface area contributed by atoms with E-state index >= 15 is 0 Å².